The van der Waals surface area contributed by atoms with Gasteiger partial charge in [-0.15, -0.1) is 0 Å². The number of hydrogen-bond acceptors (Lipinski definition) is 6. The lowest BCUT2D eigenvalue weighted by Gasteiger charge is -2.34. The van der Waals surface area contributed by atoms with E-state index in [9.17, 15) is 9.59 Å². The van der Waals surface area contributed by atoms with Gasteiger partial charge in [-0.1, -0.05) is 0 Å². The van der Waals surface area contributed by atoms with Gasteiger partial charge in [-0.3, -0.25) is 9.59 Å². The molecule has 0 atom stereocenters. The third-order valence-electron chi connectivity index (χ3n) is 6.97. The highest BCUT2D eigenvalue weighted by Crippen LogP contribution is 2.26. The first kappa shape index (κ1) is 23.3. The fourth-order valence-electron chi connectivity index (χ4n) is 4.79. The van der Waals surface area contributed by atoms with E-state index in [0.29, 0.717) is 17.4 Å². The summed E-state index contributed by atoms with van der Waals surface area (Å²) >= 11 is 0. The molecule has 1 saturated carbocycles. The number of carbonyl (C=O) groups is 1. The topological polar surface area (TPSA) is 83.7 Å². The Labute approximate surface area is 196 Å². The Kier molecular flexibility index (Phi) is 7.35. The molecule has 2 heterocycles. The van der Waals surface area contributed by atoms with Gasteiger partial charge in [-0.05, 0) is 77.2 Å². The highest BCUT2D eigenvalue weighted by molar-refractivity contribution is 6.07. The van der Waals surface area contributed by atoms with Crippen molar-refractivity contribution in [3.05, 3.63) is 52.4 Å². The first-order valence-corrected chi connectivity index (χ1v) is 11.9. The van der Waals surface area contributed by atoms with Gasteiger partial charge in [0.15, 0.2) is 0 Å². The Morgan fingerprint density at radius 3 is 2.30 bits per heavy atom. The molecule has 0 radical (unpaired) electrons. The molecule has 1 aromatic heterocycles. The second kappa shape index (κ2) is 10.4. The van der Waals surface area contributed by atoms with Crippen molar-refractivity contribution in [1.82, 2.24) is 14.8 Å². The lowest BCUT2D eigenvalue weighted by atomic mass is 9.90. The molecule has 1 amide bonds. The highest BCUT2D eigenvalue weighted by atomic mass is 16.2. The van der Waals surface area contributed by atoms with Crippen LogP contribution in [0.3, 0.4) is 0 Å². The molecule has 33 heavy (non-hydrogen) atoms. The molecule has 1 aliphatic carbocycles. The summed E-state index contributed by atoms with van der Waals surface area (Å²) in [5.74, 6) is -0.395. The molecule has 2 fully saturated rings. The van der Waals surface area contributed by atoms with Crippen molar-refractivity contribution in [2.75, 3.05) is 62.9 Å². The largest absolute Gasteiger partial charge is 0.381 e. The third kappa shape index (κ3) is 5.75. The van der Waals surface area contributed by atoms with Crippen molar-refractivity contribution in [2.24, 2.45) is 0 Å². The van der Waals surface area contributed by atoms with Crippen molar-refractivity contribution < 1.29 is 4.79 Å². The normalized spacial score (nSPS) is 21.8. The first-order valence-electron chi connectivity index (χ1n) is 11.9. The van der Waals surface area contributed by atoms with Crippen LogP contribution in [-0.2, 0) is 0 Å². The van der Waals surface area contributed by atoms with Gasteiger partial charge in [-0.2, -0.15) is 0 Å². The molecule has 8 heteroatoms. The van der Waals surface area contributed by atoms with Gasteiger partial charge in [-0.25, -0.2) is 0 Å². The number of H-pyrrole nitrogens is 1. The van der Waals surface area contributed by atoms with Gasteiger partial charge in [0.25, 0.3) is 11.5 Å². The molecular weight excluding hydrogens is 416 g/mol. The van der Waals surface area contributed by atoms with Crippen LogP contribution in [0, 0.1) is 0 Å². The lowest BCUT2D eigenvalue weighted by molar-refractivity contribution is 0.102. The molecule has 8 nitrogen and oxygen atoms in total. The van der Waals surface area contributed by atoms with Crippen LogP contribution in [0.5, 0.6) is 0 Å². The van der Waals surface area contributed by atoms with E-state index in [0.717, 1.165) is 57.5 Å². The monoisotopic (exact) mass is 452 g/mol. The minimum Gasteiger partial charge on any atom is -0.381 e. The number of aromatic nitrogens is 1. The van der Waals surface area contributed by atoms with Gasteiger partial charge < -0.3 is 30.3 Å². The fourth-order valence-corrected chi connectivity index (χ4v) is 4.79. The number of nitrogens with one attached hydrogen (secondary N) is 3. The number of nitrogens with zero attached hydrogens (tertiary/aromatic N) is 3. The van der Waals surface area contributed by atoms with Crippen LogP contribution in [-0.4, -0.2) is 80.1 Å². The fraction of sp³-hybridized carbons (Fsp3) is 0.520. The van der Waals surface area contributed by atoms with Gasteiger partial charge in [0.05, 0.1) is 5.69 Å². The molecule has 1 aliphatic heterocycles. The maximum atomic E-state index is 13.1. The molecule has 2 aromatic rings. The van der Waals surface area contributed by atoms with E-state index in [1.807, 2.05) is 24.3 Å². The minimum atomic E-state index is -0.395. The summed E-state index contributed by atoms with van der Waals surface area (Å²) in [6, 6.07) is 10.5. The summed E-state index contributed by atoms with van der Waals surface area (Å²) in [6.45, 7) is 4.07. The molecule has 1 aromatic carbocycles. The molecule has 1 saturated heterocycles. The predicted octanol–water partition coefficient (Wildman–Crippen LogP) is 2.66. The number of likely N-dealkylation sites (N-methyl/N-ethyl adjacent to an activating group) is 1. The van der Waals surface area contributed by atoms with E-state index in [2.05, 4.69) is 51.5 Å². The van der Waals surface area contributed by atoms with Crippen molar-refractivity contribution in [2.45, 2.75) is 37.8 Å². The molecule has 4 rings (SSSR count). The number of hydrogen-bond donors (Lipinski definition) is 3. The second-order valence-electron chi connectivity index (χ2n) is 9.50. The zero-order valence-corrected chi connectivity index (χ0v) is 19.9. The van der Waals surface area contributed by atoms with Gasteiger partial charge in [0.2, 0.25) is 0 Å². The Balaban J connectivity index is 1.41. The number of benzene rings is 1. The van der Waals surface area contributed by atoms with Crippen LogP contribution >= 0.6 is 0 Å². The number of amides is 1. The molecule has 0 spiro atoms. The summed E-state index contributed by atoms with van der Waals surface area (Å²) in [5, 5.41) is 6.37. The maximum absolute atomic E-state index is 13.1. The smallest absolute Gasteiger partial charge is 0.263 e. The van der Waals surface area contributed by atoms with E-state index in [-0.39, 0.29) is 17.2 Å². The average Bonchev–Trinajstić information content (AvgIpc) is 2.80. The van der Waals surface area contributed by atoms with Crippen LogP contribution in [0.4, 0.5) is 17.1 Å². The van der Waals surface area contributed by atoms with Gasteiger partial charge in [0, 0.05) is 55.8 Å². The number of aromatic amines is 1. The van der Waals surface area contributed by atoms with Crippen LogP contribution in [0.25, 0.3) is 0 Å². The number of carbonyl (C=O) groups excluding carboxylic acids is 1. The number of anilines is 3. The average molecular weight is 453 g/mol. The van der Waals surface area contributed by atoms with Crippen molar-refractivity contribution in [1.29, 1.82) is 0 Å². The molecule has 178 valence electrons. The van der Waals surface area contributed by atoms with Gasteiger partial charge in [0.1, 0.15) is 5.56 Å². The van der Waals surface area contributed by atoms with E-state index in [1.54, 1.807) is 12.3 Å². The Morgan fingerprint density at radius 2 is 1.67 bits per heavy atom. The third-order valence-corrected chi connectivity index (χ3v) is 6.97. The van der Waals surface area contributed by atoms with Crippen LogP contribution < -0.4 is 21.1 Å². The molecule has 3 N–H and O–H groups in total. The molecular formula is C25H36N6O2. The quantitative estimate of drug-likeness (QED) is 0.625. The molecule has 2 aliphatic rings. The van der Waals surface area contributed by atoms with Crippen molar-refractivity contribution >= 4 is 23.0 Å². The second-order valence-corrected chi connectivity index (χ2v) is 9.50. The van der Waals surface area contributed by atoms with Crippen LogP contribution in [0.2, 0.25) is 0 Å². The van der Waals surface area contributed by atoms with Gasteiger partial charge >= 0.3 is 0 Å². The van der Waals surface area contributed by atoms with E-state index in [1.165, 1.54) is 0 Å². The Hall–Kier alpha value is -2.84. The van der Waals surface area contributed by atoms with Crippen LogP contribution in [0.15, 0.2) is 41.3 Å². The number of piperazine rings is 1. The Morgan fingerprint density at radius 1 is 1.00 bits per heavy atom. The summed E-state index contributed by atoms with van der Waals surface area (Å²) in [5.41, 5.74) is 2.18. The molecule has 0 unspecified atom stereocenters. The SMILES string of the molecule is CN1CCN(c2ccc(NC(=O)c3c(NC4CCC(N(C)C)CC4)cc[nH]c3=O)cc2)CC1. The van der Waals surface area contributed by atoms with Crippen LogP contribution in [0.1, 0.15) is 36.0 Å². The highest BCUT2D eigenvalue weighted by Gasteiger charge is 2.24. The standard InChI is InChI=1S/C25H36N6O2/c1-29(2)20-8-4-18(5-9-20)27-22-12-13-26-24(32)23(22)25(33)28-19-6-10-21(11-7-19)31-16-14-30(3)15-17-31/h6-7,10-13,18,20H,4-5,8-9,14-17H2,1-3H3,(H,28,33)(H2,26,27,32). The summed E-state index contributed by atoms with van der Waals surface area (Å²) in [4.78, 5) is 35.2. The predicted molar refractivity (Wildman–Crippen MR) is 135 cm³/mol. The summed E-state index contributed by atoms with van der Waals surface area (Å²) < 4.78 is 0. The number of rotatable bonds is 6. The molecule has 0 bridgehead atoms. The van der Waals surface area contributed by atoms with Crippen molar-refractivity contribution in [3.8, 4) is 0 Å². The first-order chi connectivity index (χ1) is 15.9. The Bertz CT molecular complexity index is 987. The van der Waals surface area contributed by atoms with E-state index < -0.39 is 5.91 Å². The minimum absolute atomic E-state index is 0.135. The van der Waals surface area contributed by atoms with Crippen molar-refractivity contribution in [3.63, 3.8) is 0 Å². The van der Waals surface area contributed by atoms with E-state index >= 15 is 0 Å². The lowest BCUT2D eigenvalue weighted by Crippen LogP contribution is -2.44. The maximum Gasteiger partial charge on any atom is 0.263 e. The number of pyridine rings is 1. The summed E-state index contributed by atoms with van der Waals surface area (Å²) in [6.07, 6.45) is 5.84. The zero-order chi connectivity index (χ0) is 23.4. The van der Waals surface area contributed by atoms with E-state index in [4.69, 9.17) is 0 Å². The zero-order valence-electron chi connectivity index (χ0n) is 19.9. The summed E-state index contributed by atoms with van der Waals surface area (Å²) in [7, 11) is 6.38.